The lowest BCUT2D eigenvalue weighted by molar-refractivity contribution is 0.157. The first-order valence-electron chi connectivity index (χ1n) is 9.31. The van der Waals surface area contributed by atoms with Gasteiger partial charge in [-0.25, -0.2) is 8.42 Å². The van der Waals surface area contributed by atoms with Gasteiger partial charge in [0.05, 0.1) is 40.5 Å². The molecule has 1 N–H and O–H groups in total. The average molecular weight is 468 g/mol. The van der Waals surface area contributed by atoms with Gasteiger partial charge in [-0.3, -0.25) is 8.99 Å². The first kappa shape index (κ1) is 22.6. The number of anilines is 1. The third-order valence-corrected chi connectivity index (χ3v) is 7.00. The molecular weight excluding hydrogens is 445 g/mol. The topological polar surface area (TPSA) is 75.4 Å². The van der Waals surface area contributed by atoms with Crippen LogP contribution in [0.4, 0.5) is 5.69 Å². The van der Waals surface area contributed by atoms with E-state index in [4.69, 9.17) is 23.2 Å². The average Bonchev–Trinajstić information content (AvgIpc) is 2.99. The number of aryl methyl sites for hydroxylation is 3. The molecule has 3 rings (SSSR count). The van der Waals surface area contributed by atoms with Gasteiger partial charge in [0.2, 0.25) is 0 Å². The van der Waals surface area contributed by atoms with Gasteiger partial charge in [-0.1, -0.05) is 40.9 Å². The summed E-state index contributed by atoms with van der Waals surface area (Å²) in [6, 6.07) is 13.0. The van der Waals surface area contributed by atoms with Crippen molar-refractivity contribution in [3.05, 3.63) is 75.5 Å². The van der Waals surface area contributed by atoms with Crippen molar-refractivity contribution < 1.29 is 13.5 Å². The van der Waals surface area contributed by atoms with Gasteiger partial charge in [-0.15, -0.1) is 0 Å². The van der Waals surface area contributed by atoms with Crippen molar-refractivity contribution in [1.29, 1.82) is 0 Å². The Labute approximate surface area is 186 Å². The third-order valence-electron chi connectivity index (χ3n) is 4.65. The second-order valence-corrected chi connectivity index (χ2v) is 9.91. The van der Waals surface area contributed by atoms with E-state index in [1.54, 1.807) is 22.9 Å². The van der Waals surface area contributed by atoms with Crippen LogP contribution in [-0.2, 0) is 16.6 Å². The zero-order valence-corrected chi connectivity index (χ0v) is 19.2. The smallest absolute Gasteiger partial charge is 0.264 e. The molecule has 160 valence electrons. The van der Waals surface area contributed by atoms with Crippen molar-refractivity contribution in [2.75, 3.05) is 10.8 Å². The second-order valence-electron chi connectivity index (χ2n) is 7.21. The zero-order valence-electron chi connectivity index (χ0n) is 16.9. The standard InChI is InChI=1S/C21H23Cl2N3O3S/c1-14-4-7-19(8-5-14)30(28,29)26(21-11-17(22)6-9-20(21)23)13-18(27)12-25-16(3)10-15(2)24-25/h4-11,18,27H,12-13H2,1-3H3/t18-/m0/s1. The molecule has 9 heteroatoms. The first-order chi connectivity index (χ1) is 14.1. The van der Waals surface area contributed by atoms with Crippen LogP contribution >= 0.6 is 23.2 Å². The highest BCUT2D eigenvalue weighted by Crippen LogP contribution is 2.33. The number of rotatable bonds is 7. The molecule has 1 aromatic heterocycles. The summed E-state index contributed by atoms with van der Waals surface area (Å²) >= 11 is 12.4. The molecule has 0 spiro atoms. The fourth-order valence-electron chi connectivity index (χ4n) is 3.15. The number of hydrogen-bond donors (Lipinski definition) is 1. The molecule has 0 amide bonds. The van der Waals surface area contributed by atoms with Crippen molar-refractivity contribution >= 4 is 38.9 Å². The number of nitrogens with zero attached hydrogens (tertiary/aromatic N) is 3. The van der Waals surface area contributed by atoms with Gasteiger partial charge < -0.3 is 5.11 Å². The number of halogens is 2. The highest BCUT2D eigenvalue weighted by Gasteiger charge is 2.29. The summed E-state index contributed by atoms with van der Waals surface area (Å²) < 4.78 is 29.7. The highest BCUT2D eigenvalue weighted by molar-refractivity contribution is 7.92. The van der Waals surface area contributed by atoms with Crippen molar-refractivity contribution in [2.24, 2.45) is 0 Å². The molecule has 0 radical (unpaired) electrons. The minimum atomic E-state index is -4.00. The van der Waals surface area contributed by atoms with Gasteiger partial charge in [0.15, 0.2) is 0 Å². The van der Waals surface area contributed by atoms with Crippen LogP contribution in [0.1, 0.15) is 17.0 Å². The van der Waals surface area contributed by atoms with Crippen molar-refractivity contribution in [2.45, 2.75) is 38.3 Å². The lowest BCUT2D eigenvalue weighted by atomic mass is 10.2. The molecule has 1 atom stereocenters. The van der Waals surface area contributed by atoms with Gasteiger partial charge in [0.1, 0.15) is 0 Å². The molecule has 6 nitrogen and oxygen atoms in total. The van der Waals surface area contributed by atoms with Crippen molar-refractivity contribution in [3.8, 4) is 0 Å². The van der Waals surface area contributed by atoms with Crippen molar-refractivity contribution in [1.82, 2.24) is 9.78 Å². The first-order valence-corrected chi connectivity index (χ1v) is 11.5. The lowest BCUT2D eigenvalue weighted by Gasteiger charge is -2.28. The van der Waals surface area contributed by atoms with Crippen LogP contribution in [-0.4, -0.2) is 36.0 Å². The van der Waals surface area contributed by atoms with Gasteiger partial charge in [-0.2, -0.15) is 5.10 Å². The molecule has 0 fully saturated rings. The maximum atomic E-state index is 13.5. The molecule has 1 heterocycles. The van der Waals surface area contributed by atoms with E-state index in [1.807, 2.05) is 26.8 Å². The number of aliphatic hydroxyl groups is 1. The molecule has 0 saturated heterocycles. The Morgan fingerprint density at radius 2 is 1.73 bits per heavy atom. The van der Waals surface area contributed by atoms with E-state index in [2.05, 4.69) is 5.10 Å². The summed E-state index contributed by atoms with van der Waals surface area (Å²) in [5.74, 6) is 0. The molecule has 3 aromatic rings. The number of benzene rings is 2. The van der Waals surface area contributed by atoms with Crippen LogP contribution in [0.15, 0.2) is 53.4 Å². The fraction of sp³-hybridized carbons (Fsp3) is 0.286. The Morgan fingerprint density at radius 1 is 1.07 bits per heavy atom. The Balaban J connectivity index is 2.00. The van der Waals surface area contributed by atoms with E-state index in [-0.39, 0.29) is 28.7 Å². The normalized spacial score (nSPS) is 12.7. The van der Waals surface area contributed by atoms with E-state index >= 15 is 0 Å². The molecule has 0 aliphatic heterocycles. The monoisotopic (exact) mass is 467 g/mol. The number of aliphatic hydroxyl groups excluding tert-OH is 1. The van der Waals surface area contributed by atoms with Gasteiger partial charge >= 0.3 is 0 Å². The summed E-state index contributed by atoms with van der Waals surface area (Å²) in [6.07, 6.45) is -1.03. The molecule has 0 aliphatic rings. The molecule has 0 bridgehead atoms. The number of aromatic nitrogens is 2. The predicted octanol–water partition coefficient (Wildman–Crippen LogP) is 4.37. The van der Waals surface area contributed by atoms with E-state index < -0.39 is 16.1 Å². The summed E-state index contributed by atoms with van der Waals surface area (Å²) in [4.78, 5) is 0.0995. The van der Waals surface area contributed by atoms with Crippen LogP contribution in [0.3, 0.4) is 0 Å². The molecular formula is C21H23Cl2N3O3S. The molecule has 0 saturated carbocycles. The van der Waals surface area contributed by atoms with E-state index in [1.165, 1.54) is 24.3 Å². The van der Waals surface area contributed by atoms with Crippen LogP contribution in [0.25, 0.3) is 0 Å². The Kier molecular flexibility index (Phi) is 6.77. The summed E-state index contributed by atoms with van der Waals surface area (Å²) in [5, 5.41) is 15.6. The molecule has 0 aliphatic carbocycles. The lowest BCUT2D eigenvalue weighted by Crippen LogP contribution is -2.39. The van der Waals surface area contributed by atoms with Gasteiger partial charge in [-0.05, 0) is 57.2 Å². The number of hydrogen-bond acceptors (Lipinski definition) is 4. The van der Waals surface area contributed by atoms with Crippen LogP contribution in [0.5, 0.6) is 0 Å². The van der Waals surface area contributed by atoms with Gasteiger partial charge in [0.25, 0.3) is 10.0 Å². The minimum Gasteiger partial charge on any atom is -0.389 e. The fourth-order valence-corrected chi connectivity index (χ4v) is 5.10. The second kappa shape index (κ2) is 8.98. The SMILES string of the molecule is Cc1ccc(S(=O)(=O)N(C[C@@H](O)Cn2nc(C)cc2C)c2cc(Cl)ccc2Cl)cc1. The number of sulfonamides is 1. The Hall–Kier alpha value is -2.06. The van der Waals surface area contributed by atoms with Crippen LogP contribution in [0, 0.1) is 20.8 Å². The largest absolute Gasteiger partial charge is 0.389 e. The Bertz CT molecular complexity index is 1140. The summed E-state index contributed by atoms with van der Waals surface area (Å²) in [6.45, 7) is 5.53. The highest BCUT2D eigenvalue weighted by atomic mass is 35.5. The summed E-state index contributed by atoms with van der Waals surface area (Å²) in [5.41, 5.74) is 2.84. The molecule has 0 unspecified atom stereocenters. The Morgan fingerprint density at radius 3 is 2.33 bits per heavy atom. The summed E-state index contributed by atoms with van der Waals surface area (Å²) in [7, 11) is -4.00. The predicted molar refractivity (Wildman–Crippen MR) is 120 cm³/mol. The van der Waals surface area contributed by atoms with E-state index in [9.17, 15) is 13.5 Å². The maximum absolute atomic E-state index is 13.5. The minimum absolute atomic E-state index is 0.0995. The van der Waals surface area contributed by atoms with Crippen LogP contribution < -0.4 is 4.31 Å². The zero-order chi connectivity index (χ0) is 22.1. The van der Waals surface area contributed by atoms with E-state index in [0.29, 0.717) is 5.02 Å². The quantitative estimate of drug-likeness (QED) is 0.559. The molecule has 2 aromatic carbocycles. The third kappa shape index (κ3) is 4.98. The molecule has 30 heavy (non-hydrogen) atoms. The van der Waals surface area contributed by atoms with Crippen molar-refractivity contribution in [3.63, 3.8) is 0 Å². The van der Waals surface area contributed by atoms with Gasteiger partial charge in [0, 0.05) is 10.7 Å². The van der Waals surface area contributed by atoms with Crippen LogP contribution in [0.2, 0.25) is 10.0 Å². The van der Waals surface area contributed by atoms with E-state index in [0.717, 1.165) is 21.3 Å². The maximum Gasteiger partial charge on any atom is 0.264 e.